The molecule has 0 saturated carbocycles. The molecule has 1 aromatic heterocycles. The first-order valence-electron chi connectivity index (χ1n) is 8.77. The minimum atomic E-state index is -0.365. The van der Waals surface area contributed by atoms with Gasteiger partial charge in [0.1, 0.15) is 0 Å². The van der Waals surface area contributed by atoms with Gasteiger partial charge in [0.05, 0.1) is 18.3 Å². The van der Waals surface area contributed by atoms with Crippen molar-refractivity contribution in [2.75, 3.05) is 12.4 Å². The van der Waals surface area contributed by atoms with Gasteiger partial charge in [0.2, 0.25) is 0 Å². The van der Waals surface area contributed by atoms with Crippen molar-refractivity contribution >= 4 is 28.2 Å². The lowest BCUT2D eigenvalue weighted by Crippen LogP contribution is -2.09. The van der Waals surface area contributed by atoms with Crippen molar-refractivity contribution in [2.45, 2.75) is 0 Å². The predicted molar refractivity (Wildman–Crippen MR) is 109 cm³/mol. The summed E-state index contributed by atoms with van der Waals surface area (Å²) in [4.78, 5) is 12.4. The molecule has 0 unspecified atom stereocenters. The van der Waals surface area contributed by atoms with Crippen LogP contribution in [0.15, 0.2) is 78.9 Å². The van der Waals surface area contributed by atoms with E-state index in [0.29, 0.717) is 5.69 Å². The van der Waals surface area contributed by atoms with E-state index in [0.717, 1.165) is 33.4 Å². The number of para-hydroxylation sites is 1. The molecular formula is C23H20N2O2. The second-order valence-corrected chi connectivity index (χ2v) is 6.36. The quantitative estimate of drug-likeness (QED) is 0.500. The van der Waals surface area contributed by atoms with Crippen molar-refractivity contribution < 1.29 is 9.53 Å². The summed E-state index contributed by atoms with van der Waals surface area (Å²) in [5.41, 5.74) is 5.40. The van der Waals surface area contributed by atoms with Crippen LogP contribution in [-0.4, -0.2) is 17.6 Å². The average molecular weight is 356 g/mol. The van der Waals surface area contributed by atoms with Gasteiger partial charge in [0.15, 0.2) is 5.69 Å². The summed E-state index contributed by atoms with van der Waals surface area (Å²) in [6, 6.07) is 26.3. The molecule has 0 spiro atoms. The Labute approximate surface area is 158 Å². The van der Waals surface area contributed by atoms with E-state index in [2.05, 4.69) is 29.6 Å². The fraction of sp³-hybridized carbons (Fsp3) is 0.0870. The van der Waals surface area contributed by atoms with E-state index in [9.17, 15) is 4.79 Å². The molecule has 0 aliphatic carbocycles. The highest BCUT2D eigenvalue weighted by atomic mass is 16.5. The number of esters is 1. The Balaban J connectivity index is 1.81. The molecule has 1 N–H and O–H groups in total. The third kappa shape index (κ3) is 3.06. The summed E-state index contributed by atoms with van der Waals surface area (Å²) in [6.45, 7) is 0. The fourth-order valence-electron chi connectivity index (χ4n) is 3.41. The Kier molecular flexibility index (Phi) is 4.38. The van der Waals surface area contributed by atoms with Crippen LogP contribution in [0.5, 0.6) is 0 Å². The zero-order valence-corrected chi connectivity index (χ0v) is 15.3. The summed E-state index contributed by atoms with van der Waals surface area (Å²) >= 11 is 0. The smallest absolute Gasteiger partial charge is 0.356 e. The van der Waals surface area contributed by atoms with Crippen molar-refractivity contribution in [3.63, 3.8) is 0 Å². The average Bonchev–Trinajstić information content (AvgIpc) is 3.00. The van der Waals surface area contributed by atoms with Crippen LogP contribution in [0.2, 0.25) is 0 Å². The van der Waals surface area contributed by atoms with Crippen LogP contribution in [0.3, 0.4) is 0 Å². The minimum Gasteiger partial charge on any atom is -0.464 e. The largest absolute Gasteiger partial charge is 0.464 e. The van der Waals surface area contributed by atoms with Crippen molar-refractivity contribution in [3.05, 3.63) is 84.6 Å². The Bertz CT molecular complexity index is 1110. The number of fused-ring (bicyclic) bond motifs is 1. The fourth-order valence-corrected chi connectivity index (χ4v) is 3.41. The summed E-state index contributed by atoms with van der Waals surface area (Å²) < 4.78 is 6.88. The van der Waals surface area contributed by atoms with Gasteiger partial charge in [-0.05, 0) is 29.3 Å². The number of anilines is 2. The number of benzene rings is 3. The maximum Gasteiger partial charge on any atom is 0.356 e. The van der Waals surface area contributed by atoms with Crippen molar-refractivity contribution in [2.24, 2.45) is 7.05 Å². The summed E-state index contributed by atoms with van der Waals surface area (Å²) in [5, 5.41) is 4.42. The first kappa shape index (κ1) is 16.9. The number of nitrogens with one attached hydrogen (secondary N) is 1. The molecule has 0 bridgehead atoms. The third-order valence-electron chi connectivity index (χ3n) is 4.72. The molecule has 4 aromatic rings. The summed E-state index contributed by atoms with van der Waals surface area (Å²) in [6.07, 6.45) is 0. The second kappa shape index (κ2) is 7.00. The van der Waals surface area contributed by atoms with E-state index < -0.39 is 0 Å². The lowest BCUT2D eigenvalue weighted by atomic mass is 10.1. The normalized spacial score (nSPS) is 10.7. The van der Waals surface area contributed by atoms with E-state index in [4.69, 9.17) is 4.74 Å². The van der Waals surface area contributed by atoms with Crippen LogP contribution in [0.4, 0.5) is 11.4 Å². The number of hydrogen-bond donors (Lipinski definition) is 1. The molecule has 0 saturated heterocycles. The molecule has 4 heteroatoms. The second-order valence-electron chi connectivity index (χ2n) is 6.36. The van der Waals surface area contributed by atoms with Gasteiger partial charge in [0, 0.05) is 18.1 Å². The Hall–Kier alpha value is -3.53. The lowest BCUT2D eigenvalue weighted by molar-refractivity contribution is 0.0591. The van der Waals surface area contributed by atoms with Crippen LogP contribution in [0, 0.1) is 0 Å². The highest BCUT2D eigenvalue weighted by molar-refractivity contribution is 6.08. The molecule has 134 valence electrons. The molecule has 3 aromatic carbocycles. The van der Waals surface area contributed by atoms with E-state index >= 15 is 0 Å². The third-order valence-corrected chi connectivity index (χ3v) is 4.72. The van der Waals surface area contributed by atoms with Gasteiger partial charge in [0.25, 0.3) is 0 Å². The molecule has 4 nitrogen and oxygen atoms in total. The van der Waals surface area contributed by atoms with Crippen LogP contribution in [0.25, 0.3) is 22.0 Å². The Morgan fingerprint density at radius 2 is 1.59 bits per heavy atom. The molecule has 1 heterocycles. The van der Waals surface area contributed by atoms with Crippen LogP contribution >= 0.6 is 0 Å². The number of ether oxygens (including phenoxy) is 1. The highest BCUT2D eigenvalue weighted by Crippen LogP contribution is 2.34. The topological polar surface area (TPSA) is 43.3 Å². The van der Waals surface area contributed by atoms with Crippen LogP contribution in [-0.2, 0) is 11.8 Å². The van der Waals surface area contributed by atoms with E-state index in [1.807, 2.05) is 66.2 Å². The zero-order valence-electron chi connectivity index (χ0n) is 15.3. The van der Waals surface area contributed by atoms with Crippen molar-refractivity contribution in [3.8, 4) is 11.1 Å². The van der Waals surface area contributed by atoms with E-state index in [1.54, 1.807) is 0 Å². The predicted octanol–water partition coefficient (Wildman–Crippen LogP) is 5.38. The number of methoxy groups -OCH3 is 1. The van der Waals surface area contributed by atoms with Crippen LogP contribution < -0.4 is 5.32 Å². The molecule has 0 amide bonds. The molecular weight excluding hydrogens is 336 g/mol. The van der Waals surface area contributed by atoms with E-state index in [-0.39, 0.29) is 5.97 Å². The molecule has 0 aliphatic rings. The molecule has 0 radical (unpaired) electrons. The summed E-state index contributed by atoms with van der Waals surface area (Å²) in [5.74, 6) is -0.365. The van der Waals surface area contributed by atoms with Gasteiger partial charge < -0.3 is 14.6 Å². The first-order chi connectivity index (χ1) is 13.2. The highest BCUT2D eigenvalue weighted by Gasteiger charge is 2.21. The molecule has 0 atom stereocenters. The number of rotatable bonds is 4. The zero-order chi connectivity index (χ0) is 18.8. The van der Waals surface area contributed by atoms with Gasteiger partial charge in [-0.2, -0.15) is 0 Å². The number of carbonyl (C=O) groups is 1. The first-order valence-corrected chi connectivity index (χ1v) is 8.77. The lowest BCUT2D eigenvalue weighted by Gasteiger charge is -2.10. The van der Waals surface area contributed by atoms with Gasteiger partial charge in [-0.15, -0.1) is 0 Å². The van der Waals surface area contributed by atoms with Crippen molar-refractivity contribution in [1.82, 2.24) is 4.57 Å². The van der Waals surface area contributed by atoms with Gasteiger partial charge >= 0.3 is 5.97 Å². The number of carbonyl (C=O) groups excluding carboxylic acids is 1. The minimum absolute atomic E-state index is 0.365. The Morgan fingerprint density at radius 1 is 0.889 bits per heavy atom. The van der Waals surface area contributed by atoms with E-state index in [1.165, 1.54) is 7.11 Å². The van der Waals surface area contributed by atoms with Gasteiger partial charge in [-0.1, -0.05) is 60.7 Å². The molecule has 0 fully saturated rings. The Morgan fingerprint density at radius 3 is 2.37 bits per heavy atom. The van der Waals surface area contributed by atoms with Gasteiger partial charge in [-0.25, -0.2) is 4.79 Å². The number of hydrogen-bond acceptors (Lipinski definition) is 3. The standard InChI is InChI=1S/C23H20N2O2/c1-25-20-14-7-6-13-19(20)21(22(25)23(26)27-2)24-18-12-8-11-17(15-18)16-9-4-3-5-10-16/h3-15,24H,1-2H3. The maximum absolute atomic E-state index is 12.4. The monoisotopic (exact) mass is 356 g/mol. The summed E-state index contributed by atoms with van der Waals surface area (Å²) in [7, 11) is 3.28. The molecule has 27 heavy (non-hydrogen) atoms. The van der Waals surface area contributed by atoms with Crippen LogP contribution in [0.1, 0.15) is 10.5 Å². The van der Waals surface area contributed by atoms with Gasteiger partial charge in [-0.3, -0.25) is 0 Å². The van der Waals surface area contributed by atoms with Crippen molar-refractivity contribution in [1.29, 1.82) is 0 Å². The molecule has 0 aliphatic heterocycles. The number of aromatic nitrogens is 1. The molecule has 4 rings (SSSR count). The maximum atomic E-state index is 12.4. The number of aryl methyl sites for hydroxylation is 1. The SMILES string of the molecule is COC(=O)c1c(Nc2cccc(-c3ccccc3)c2)c2ccccc2n1C. The number of nitrogens with zero attached hydrogens (tertiary/aromatic N) is 1.